The number of esters is 1. The zero-order chi connectivity index (χ0) is 12.1. The van der Waals surface area contributed by atoms with Crippen LogP contribution in [0.5, 0.6) is 0 Å². The van der Waals surface area contributed by atoms with Crippen molar-refractivity contribution in [3.05, 3.63) is 0 Å². The Morgan fingerprint density at radius 1 is 1.56 bits per heavy atom. The highest BCUT2D eigenvalue weighted by atomic mass is 79.9. The van der Waals surface area contributed by atoms with Crippen molar-refractivity contribution in [2.45, 2.75) is 24.3 Å². The van der Waals surface area contributed by atoms with Crippen molar-refractivity contribution < 1.29 is 14.3 Å². The lowest BCUT2D eigenvalue weighted by molar-refractivity contribution is -0.140. The van der Waals surface area contributed by atoms with E-state index in [4.69, 9.17) is 4.74 Å². The first-order chi connectivity index (χ1) is 7.58. The summed E-state index contributed by atoms with van der Waals surface area (Å²) in [4.78, 5) is 13.3. The van der Waals surface area contributed by atoms with E-state index in [-0.39, 0.29) is 16.9 Å². The van der Waals surface area contributed by atoms with Gasteiger partial charge in [0.2, 0.25) is 0 Å². The van der Waals surface area contributed by atoms with E-state index < -0.39 is 0 Å². The smallest absolute Gasteiger partial charge is 0.320 e. The summed E-state index contributed by atoms with van der Waals surface area (Å²) >= 11 is 3.34. The lowest BCUT2D eigenvalue weighted by atomic mass is 9.96. The van der Waals surface area contributed by atoms with Crippen LogP contribution in [0.1, 0.15) is 13.3 Å². The van der Waals surface area contributed by atoms with Crippen LogP contribution in [0.2, 0.25) is 0 Å². The Labute approximate surface area is 105 Å². The number of hydrogen-bond acceptors (Lipinski definition) is 4. The molecular formula is C11H20BrNO3. The third-order valence-electron chi connectivity index (χ3n) is 3.15. The quantitative estimate of drug-likeness (QED) is 0.578. The average Bonchev–Trinajstić information content (AvgIpc) is 2.30. The molecule has 3 unspecified atom stereocenters. The summed E-state index contributed by atoms with van der Waals surface area (Å²) in [5.74, 6) is 0.376. The summed E-state index contributed by atoms with van der Waals surface area (Å²) in [6.07, 6.45) is 1.38. The zero-order valence-electron chi connectivity index (χ0n) is 10.1. The Kier molecular flexibility index (Phi) is 5.72. The second kappa shape index (κ2) is 6.57. The van der Waals surface area contributed by atoms with Crippen molar-refractivity contribution in [1.82, 2.24) is 4.90 Å². The van der Waals surface area contributed by atoms with Gasteiger partial charge in [-0.1, -0.05) is 22.9 Å². The third kappa shape index (κ3) is 3.71. The number of alkyl halides is 1. The van der Waals surface area contributed by atoms with E-state index in [2.05, 4.69) is 32.5 Å². The van der Waals surface area contributed by atoms with E-state index >= 15 is 0 Å². The highest BCUT2D eigenvalue weighted by molar-refractivity contribution is 9.10. The van der Waals surface area contributed by atoms with Gasteiger partial charge >= 0.3 is 5.97 Å². The van der Waals surface area contributed by atoms with Gasteiger partial charge < -0.3 is 9.47 Å². The molecule has 94 valence electrons. The molecular weight excluding hydrogens is 274 g/mol. The Morgan fingerprint density at radius 3 is 2.81 bits per heavy atom. The van der Waals surface area contributed by atoms with Crippen LogP contribution in [0.3, 0.4) is 0 Å². The van der Waals surface area contributed by atoms with Crippen LogP contribution in [0.4, 0.5) is 0 Å². The molecule has 1 aliphatic heterocycles. The molecule has 5 heteroatoms. The summed E-state index contributed by atoms with van der Waals surface area (Å²) in [6, 6.07) is 0. The number of ether oxygens (including phenoxy) is 2. The number of rotatable bonds is 4. The number of carbonyl (C=O) groups excluding carboxylic acids is 1. The fourth-order valence-corrected chi connectivity index (χ4v) is 2.60. The highest BCUT2D eigenvalue weighted by Crippen LogP contribution is 2.20. The van der Waals surface area contributed by atoms with Crippen LogP contribution < -0.4 is 0 Å². The molecule has 0 spiro atoms. The van der Waals surface area contributed by atoms with Crippen molar-refractivity contribution in [3.63, 3.8) is 0 Å². The van der Waals surface area contributed by atoms with Gasteiger partial charge in [-0.25, -0.2) is 0 Å². The van der Waals surface area contributed by atoms with Crippen molar-refractivity contribution in [2.75, 3.05) is 33.9 Å². The van der Waals surface area contributed by atoms with Gasteiger partial charge in [-0.2, -0.15) is 0 Å². The Balaban J connectivity index is 2.41. The molecule has 0 radical (unpaired) electrons. The van der Waals surface area contributed by atoms with E-state index in [1.54, 1.807) is 7.11 Å². The molecule has 3 atom stereocenters. The van der Waals surface area contributed by atoms with Crippen LogP contribution in [0.15, 0.2) is 0 Å². The van der Waals surface area contributed by atoms with Gasteiger partial charge in [0.1, 0.15) is 4.83 Å². The van der Waals surface area contributed by atoms with Crippen molar-refractivity contribution in [1.29, 1.82) is 0 Å². The number of piperidine rings is 1. The van der Waals surface area contributed by atoms with Gasteiger partial charge in [0, 0.05) is 20.2 Å². The highest BCUT2D eigenvalue weighted by Gasteiger charge is 2.28. The predicted molar refractivity (Wildman–Crippen MR) is 65.7 cm³/mol. The van der Waals surface area contributed by atoms with Gasteiger partial charge in [-0.15, -0.1) is 0 Å². The molecule has 1 fully saturated rings. The molecule has 1 rings (SSSR count). The number of carbonyl (C=O) groups is 1. The molecule has 0 aromatic carbocycles. The fourth-order valence-electron chi connectivity index (χ4n) is 2.00. The van der Waals surface area contributed by atoms with Crippen molar-refractivity contribution >= 4 is 21.9 Å². The van der Waals surface area contributed by atoms with Gasteiger partial charge in [0.05, 0.1) is 13.2 Å². The normalized spacial score (nSPS) is 28.8. The topological polar surface area (TPSA) is 38.8 Å². The first kappa shape index (κ1) is 13.9. The second-order valence-electron chi connectivity index (χ2n) is 4.29. The lowest BCUT2D eigenvalue weighted by Crippen LogP contribution is -2.46. The minimum absolute atomic E-state index is 0.215. The summed E-state index contributed by atoms with van der Waals surface area (Å²) < 4.78 is 10.1. The van der Waals surface area contributed by atoms with Crippen LogP contribution in [-0.4, -0.2) is 55.7 Å². The number of methoxy groups -OCH3 is 2. The fraction of sp³-hybridized carbons (Fsp3) is 0.909. The van der Waals surface area contributed by atoms with Crippen molar-refractivity contribution in [2.24, 2.45) is 5.92 Å². The molecule has 1 aliphatic rings. The summed E-state index contributed by atoms with van der Waals surface area (Å²) in [5.41, 5.74) is 0. The number of likely N-dealkylation sites (tertiary alicyclic amines) is 1. The van der Waals surface area contributed by atoms with Crippen LogP contribution in [-0.2, 0) is 14.3 Å². The number of halogens is 1. The summed E-state index contributed by atoms with van der Waals surface area (Å²) in [7, 11) is 3.16. The van der Waals surface area contributed by atoms with E-state index in [1.165, 1.54) is 7.11 Å². The molecule has 1 saturated heterocycles. The SMILES string of the molecule is COC(=O)C(Br)CN1CCC(C)C(OC)C1. The molecule has 0 aromatic rings. The molecule has 0 aromatic heterocycles. The number of hydrogen-bond donors (Lipinski definition) is 0. The lowest BCUT2D eigenvalue weighted by Gasteiger charge is -2.36. The van der Waals surface area contributed by atoms with Crippen molar-refractivity contribution in [3.8, 4) is 0 Å². The second-order valence-corrected chi connectivity index (χ2v) is 5.40. The Morgan fingerprint density at radius 2 is 2.25 bits per heavy atom. The molecule has 0 saturated carbocycles. The van der Waals surface area contributed by atoms with Gasteiger partial charge in [-0.05, 0) is 18.9 Å². The predicted octanol–water partition coefficient (Wildman–Crippen LogP) is 1.28. The van der Waals surface area contributed by atoms with Crippen LogP contribution in [0.25, 0.3) is 0 Å². The summed E-state index contributed by atoms with van der Waals surface area (Å²) in [6.45, 7) is 4.79. The maximum Gasteiger partial charge on any atom is 0.320 e. The molecule has 0 aliphatic carbocycles. The maximum absolute atomic E-state index is 11.3. The first-order valence-corrected chi connectivity index (χ1v) is 6.47. The number of nitrogens with zero attached hydrogens (tertiary/aromatic N) is 1. The van der Waals surface area contributed by atoms with Crippen LogP contribution in [0, 0.1) is 5.92 Å². The van der Waals surface area contributed by atoms with Gasteiger partial charge in [-0.3, -0.25) is 9.69 Å². The maximum atomic E-state index is 11.3. The molecule has 4 nitrogen and oxygen atoms in total. The molecule has 0 bridgehead atoms. The minimum Gasteiger partial charge on any atom is -0.468 e. The van der Waals surface area contributed by atoms with E-state index in [0.717, 1.165) is 19.5 Å². The molecule has 0 amide bonds. The molecule has 1 heterocycles. The van der Waals surface area contributed by atoms with E-state index in [9.17, 15) is 4.79 Å². The summed E-state index contributed by atoms with van der Waals surface area (Å²) in [5, 5.41) is 0. The average molecular weight is 294 g/mol. The Bertz CT molecular complexity index is 237. The standard InChI is InChI=1S/C11H20BrNO3/c1-8-4-5-13(7-10(8)15-2)6-9(12)11(14)16-3/h8-10H,4-7H2,1-3H3. The van der Waals surface area contributed by atoms with Crippen LogP contribution >= 0.6 is 15.9 Å². The zero-order valence-corrected chi connectivity index (χ0v) is 11.7. The largest absolute Gasteiger partial charge is 0.468 e. The van der Waals surface area contributed by atoms with E-state index in [0.29, 0.717) is 12.5 Å². The third-order valence-corrected chi connectivity index (χ3v) is 3.82. The molecule has 16 heavy (non-hydrogen) atoms. The Hall–Kier alpha value is -0.130. The van der Waals surface area contributed by atoms with Gasteiger partial charge in [0.15, 0.2) is 0 Å². The first-order valence-electron chi connectivity index (χ1n) is 5.55. The van der Waals surface area contributed by atoms with E-state index in [1.807, 2.05) is 0 Å². The monoisotopic (exact) mass is 293 g/mol. The molecule has 0 N–H and O–H groups in total. The minimum atomic E-state index is -0.247. The van der Waals surface area contributed by atoms with Gasteiger partial charge in [0.25, 0.3) is 0 Å².